The number of rotatable bonds is 9. The molecule has 1 fully saturated rings. The zero-order valence-electron chi connectivity index (χ0n) is 19.7. The molecule has 184 valence electrons. The Labute approximate surface area is 208 Å². The van der Waals surface area contributed by atoms with Crippen LogP contribution in [0.25, 0.3) is 16.9 Å². The Bertz CT molecular complexity index is 1290. The van der Waals surface area contributed by atoms with Gasteiger partial charge in [0.1, 0.15) is 12.0 Å². The van der Waals surface area contributed by atoms with Crippen LogP contribution in [-0.2, 0) is 0 Å². The van der Waals surface area contributed by atoms with Gasteiger partial charge in [-0.2, -0.15) is 0 Å². The molecule has 0 unspecified atom stereocenters. The van der Waals surface area contributed by atoms with Crippen molar-refractivity contribution in [3.63, 3.8) is 0 Å². The lowest BCUT2D eigenvalue weighted by Gasteiger charge is -2.28. The van der Waals surface area contributed by atoms with Crippen LogP contribution in [0.15, 0.2) is 67.5 Å². The summed E-state index contributed by atoms with van der Waals surface area (Å²) in [5, 5.41) is 17.1. The van der Waals surface area contributed by atoms with E-state index in [0.29, 0.717) is 24.9 Å². The van der Waals surface area contributed by atoms with Crippen molar-refractivity contribution in [1.82, 2.24) is 24.5 Å². The standard InChI is InChI=1S/C25H27N9O2/c35-34(36)21-8-9-23(29-16-21)27-10-11-28-25-30-17-22(33-15-12-26-18-33)24(31-25)19-4-6-20(7-5-19)32-13-2-1-3-14-32/h4-9,12,15-18H,1-3,10-11,13-14H2,(H,27,29)(H,28,30,31). The van der Waals surface area contributed by atoms with Crippen molar-refractivity contribution in [3.8, 4) is 16.9 Å². The first-order chi connectivity index (χ1) is 17.7. The molecule has 0 radical (unpaired) electrons. The SMILES string of the molecule is O=[N+]([O-])c1ccc(NCCNc2ncc(-n3ccnc3)c(-c3ccc(N4CCCCC4)cc3)n2)nc1. The average Bonchev–Trinajstić information content (AvgIpc) is 3.47. The van der Waals surface area contributed by atoms with Crippen LogP contribution in [0.4, 0.5) is 23.1 Å². The number of hydrogen-bond acceptors (Lipinski definition) is 9. The molecule has 1 aliphatic heterocycles. The summed E-state index contributed by atoms with van der Waals surface area (Å²) < 4.78 is 1.90. The normalized spacial score (nSPS) is 13.4. The van der Waals surface area contributed by atoms with Crippen LogP contribution in [0.5, 0.6) is 0 Å². The Morgan fingerprint density at radius 3 is 2.44 bits per heavy atom. The molecule has 0 atom stereocenters. The third-order valence-corrected chi connectivity index (χ3v) is 6.09. The number of nitrogens with one attached hydrogen (secondary N) is 2. The van der Waals surface area contributed by atoms with Crippen LogP contribution in [0, 0.1) is 10.1 Å². The van der Waals surface area contributed by atoms with Gasteiger partial charge in [-0.05, 0) is 37.5 Å². The summed E-state index contributed by atoms with van der Waals surface area (Å²) in [5.41, 5.74) is 3.85. The van der Waals surface area contributed by atoms with E-state index < -0.39 is 4.92 Å². The number of pyridine rings is 1. The van der Waals surface area contributed by atoms with E-state index in [0.717, 1.165) is 30.0 Å². The molecule has 2 N–H and O–H groups in total. The zero-order valence-corrected chi connectivity index (χ0v) is 19.7. The molecule has 11 nitrogen and oxygen atoms in total. The van der Waals surface area contributed by atoms with Crippen molar-refractivity contribution in [2.45, 2.75) is 19.3 Å². The van der Waals surface area contributed by atoms with Gasteiger partial charge in [-0.3, -0.25) is 10.1 Å². The Hall–Kier alpha value is -4.54. The van der Waals surface area contributed by atoms with E-state index in [1.807, 2.05) is 10.8 Å². The maximum Gasteiger partial charge on any atom is 0.287 e. The Morgan fingerprint density at radius 1 is 0.944 bits per heavy atom. The van der Waals surface area contributed by atoms with Gasteiger partial charge in [-0.1, -0.05) is 12.1 Å². The smallest absolute Gasteiger partial charge is 0.287 e. The Morgan fingerprint density at radius 2 is 1.75 bits per heavy atom. The quantitative estimate of drug-likeness (QED) is 0.204. The molecular weight excluding hydrogens is 458 g/mol. The molecule has 3 aromatic heterocycles. The first-order valence-corrected chi connectivity index (χ1v) is 12.0. The largest absolute Gasteiger partial charge is 0.372 e. The van der Waals surface area contributed by atoms with Crippen molar-refractivity contribution in [2.75, 3.05) is 41.7 Å². The van der Waals surface area contributed by atoms with Crippen LogP contribution in [0.3, 0.4) is 0 Å². The molecule has 0 bridgehead atoms. The van der Waals surface area contributed by atoms with Crippen LogP contribution >= 0.6 is 0 Å². The third-order valence-electron chi connectivity index (χ3n) is 6.09. The molecule has 0 spiro atoms. The van der Waals surface area contributed by atoms with E-state index in [4.69, 9.17) is 4.98 Å². The number of nitrogens with zero attached hydrogens (tertiary/aromatic N) is 7. The lowest BCUT2D eigenvalue weighted by atomic mass is 10.1. The maximum atomic E-state index is 10.8. The van der Waals surface area contributed by atoms with Crippen molar-refractivity contribution >= 4 is 23.1 Å². The van der Waals surface area contributed by atoms with Gasteiger partial charge in [0.15, 0.2) is 0 Å². The predicted octanol–water partition coefficient (Wildman–Crippen LogP) is 4.15. The molecule has 11 heteroatoms. The molecular formula is C25H27N9O2. The second-order valence-corrected chi connectivity index (χ2v) is 8.50. The first kappa shape index (κ1) is 23.2. The lowest BCUT2D eigenvalue weighted by Crippen LogP contribution is -2.29. The minimum absolute atomic E-state index is 0.0402. The predicted molar refractivity (Wildman–Crippen MR) is 139 cm³/mol. The molecule has 36 heavy (non-hydrogen) atoms. The minimum Gasteiger partial charge on any atom is -0.372 e. The number of hydrogen-bond donors (Lipinski definition) is 2. The second kappa shape index (κ2) is 10.8. The molecule has 1 aromatic carbocycles. The van der Waals surface area contributed by atoms with Crippen LogP contribution < -0.4 is 15.5 Å². The minimum atomic E-state index is -0.470. The number of nitro groups is 1. The van der Waals surface area contributed by atoms with E-state index in [9.17, 15) is 10.1 Å². The number of piperidine rings is 1. The van der Waals surface area contributed by atoms with E-state index >= 15 is 0 Å². The van der Waals surface area contributed by atoms with E-state index in [-0.39, 0.29) is 5.69 Å². The number of benzene rings is 1. The summed E-state index contributed by atoms with van der Waals surface area (Å²) >= 11 is 0. The second-order valence-electron chi connectivity index (χ2n) is 8.50. The summed E-state index contributed by atoms with van der Waals surface area (Å²) in [4.78, 5) is 30.3. The highest BCUT2D eigenvalue weighted by Gasteiger charge is 2.14. The maximum absolute atomic E-state index is 10.8. The average molecular weight is 486 g/mol. The fourth-order valence-corrected chi connectivity index (χ4v) is 4.21. The number of imidazole rings is 1. The van der Waals surface area contributed by atoms with Gasteiger partial charge in [0, 0.05) is 55.9 Å². The van der Waals surface area contributed by atoms with Crippen molar-refractivity contribution in [3.05, 3.63) is 77.6 Å². The fourth-order valence-electron chi connectivity index (χ4n) is 4.21. The monoisotopic (exact) mass is 485 g/mol. The summed E-state index contributed by atoms with van der Waals surface area (Å²) in [7, 11) is 0. The molecule has 5 rings (SSSR count). The summed E-state index contributed by atoms with van der Waals surface area (Å²) in [6.07, 6.45) is 12.1. The third kappa shape index (κ3) is 5.40. The van der Waals surface area contributed by atoms with Gasteiger partial charge in [-0.25, -0.2) is 19.9 Å². The van der Waals surface area contributed by atoms with E-state index in [1.54, 1.807) is 24.8 Å². The molecule has 4 aromatic rings. The molecule has 0 saturated carbocycles. The zero-order chi connectivity index (χ0) is 24.7. The molecule has 1 aliphatic rings. The van der Waals surface area contributed by atoms with Crippen LogP contribution in [0.1, 0.15) is 19.3 Å². The van der Waals surface area contributed by atoms with Gasteiger partial charge in [0.05, 0.1) is 28.8 Å². The molecule has 0 amide bonds. The van der Waals surface area contributed by atoms with Crippen LogP contribution in [0.2, 0.25) is 0 Å². The Kier molecular flexibility index (Phi) is 6.97. The molecule has 4 heterocycles. The van der Waals surface area contributed by atoms with E-state index in [2.05, 4.69) is 54.8 Å². The fraction of sp³-hybridized carbons (Fsp3) is 0.280. The summed E-state index contributed by atoms with van der Waals surface area (Å²) in [6.45, 7) is 3.28. The lowest BCUT2D eigenvalue weighted by molar-refractivity contribution is -0.385. The first-order valence-electron chi connectivity index (χ1n) is 12.0. The summed E-state index contributed by atoms with van der Waals surface area (Å²) in [6, 6.07) is 11.5. The van der Waals surface area contributed by atoms with Crippen molar-refractivity contribution in [2.24, 2.45) is 0 Å². The van der Waals surface area contributed by atoms with Crippen molar-refractivity contribution < 1.29 is 4.92 Å². The van der Waals surface area contributed by atoms with E-state index in [1.165, 1.54) is 37.2 Å². The van der Waals surface area contributed by atoms with Gasteiger partial charge < -0.3 is 20.1 Å². The Balaban J connectivity index is 1.29. The number of aromatic nitrogens is 5. The highest BCUT2D eigenvalue weighted by molar-refractivity contribution is 5.71. The van der Waals surface area contributed by atoms with Gasteiger partial charge in [-0.15, -0.1) is 0 Å². The van der Waals surface area contributed by atoms with Gasteiger partial charge in [0.2, 0.25) is 5.95 Å². The highest BCUT2D eigenvalue weighted by Crippen LogP contribution is 2.28. The summed E-state index contributed by atoms with van der Waals surface area (Å²) in [5.74, 6) is 1.07. The van der Waals surface area contributed by atoms with Crippen LogP contribution in [-0.4, -0.2) is 55.6 Å². The number of anilines is 3. The molecule has 1 saturated heterocycles. The van der Waals surface area contributed by atoms with Gasteiger partial charge in [0.25, 0.3) is 5.69 Å². The molecule has 0 aliphatic carbocycles. The topological polar surface area (TPSA) is 127 Å². The van der Waals surface area contributed by atoms with Gasteiger partial charge >= 0.3 is 0 Å². The highest BCUT2D eigenvalue weighted by atomic mass is 16.6. The van der Waals surface area contributed by atoms with Crippen molar-refractivity contribution in [1.29, 1.82) is 0 Å².